The quantitative estimate of drug-likeness (QED) is 0.720. The molecular formula is C14H16BrClF3NO. The van der Waals surface area contributed by atoms with Gasteiger partial charge in [-0.1, -0.05) is 29.8 Å². The van der Waals surface area contributed by atoms with Crippen LogP contribution in [0.4, 0.5) is 13.2 Å². The lowest BCUT2D eigenvalue weighted by Crippen LogP contribution is -2.38. The molecule has 1 aromatic carbocycles. The number of nitrogens with one attached hydrogen (secondary N) is 1. The van der Waals surface area contributed by atoms with Crippen LogP contribution in [0, 0.1) is 5.92 Å². The molecule has 118 valence electrons. The summed E-state index contributed by atoms with van der Waals surface area (Å²) in [6, 6.07) is 3.10. The van der Waals surface area contributed by atoms with Crippen molar-refractivity contribution in [1.82, 2.24) is 5.32 Å². The summed E-state index contributed by atoms with van der Waals surface area (Å²) in [6.07, 6.45) is -3.99. The molecular weight excluding hydrogens is 371 g/mol. The van der Waals surface area contributed by atoms with E-state index in [-0.39, 0.29) is 22.3 Å². The molecule has 0 spiro atoms. The number of carbonyl (C=O) groups is 1. The molecule has 0 radical (unpaired) electrons. The summed E-state index contributed by atoms with van der Waals surface area (Å²) in [7, 11) is 0. The Morgan fingerprint density at radius 1 is 1.38 bits per heavy atom. The Morgan fingerprint density at radius 3 is 2.48 bits per heavy atom. The summed E-state index contributed by atoms with van der Waals surface area (Å²) in [5, 5.41) is 2.56. The summed E-state index contributed by atoms with van der Waals surface area (Å²) in [5.41, 5.74) is -1.36. The third-order valence-electron chi connectivity index (χ3n) is 2.81. The minimum atomic E-state index is -4.59. The van der Waals surface area contributed by atoms with Gasteiger partial charge in [0.1, 0.15) is 0 Å². The van der Waals surface area contributed by atoms with E-state index >= 15 is 0 Å². The van der Waals surface area contributed by atoms with E-state index in [2.05, 4.69) is 21.2 Å². The van der Waals surface area contributed by atoms with E-state index < -0.39 is 23.2 Å². The van der Waals surface area contributed by atoms with Crippen molar-refractivity contribution < 1.29 is 18.0 Å². The highest BCUT2D eigenvalue weighted by Crippen LogP contribution is 2.34. The second-order valence-electron chi connectivity index (χ2n) is 5.14. The van der Waals surface area contributed by atoms with E-state index in [9.17, 15) is 18.0 Å². The molecule has 0 fully saturated rings. The molecule has 0 aromatic heterocycles. The lowest BCUT2D eigenvalue weighted by atomic mass is 10.0. The van der Waals surface area contributed by atoms with Crippen LogP contribution in [0.15, 0.2) is 22.7 Å². The highest BCUT2D eigenvalue weighted by molar-refractivity contribution is 9.10. The Bertz CT molecular complexity index is 505. The van der Waals surface area contributed by atoms with Gasteiger partial charge in [0, 0.05) is 16.4 Å². The van der Waals surface area contributed by atoms with Gasteiger partial charge in [0.25, 0.3) is 5.91 Å². The summed E-state index contributed by atoms with van der Waals surface area (Å²) in [4.78, 5) is 12.1. The average molecular weight is 387 g/mol. The monoisotopic (exact) mass is 385 g/mol. The zero-order valence-electron chi connectivity index (χ0n) is 11.6. The largest absolute Gasteiger partial charge is 0.417 e. The van der Waals surface area contributed by atoms with Crippen LogP contribution in [0.3, 0.4) is 0 Å². The molecule has 1 unspecified atom stereocenters. The number of halogens is 5. The normalized spacial score (nSPS) is 13.3. The van der Waals surface area contributed by atoms with Crippen LogP contribution in [0.25, 0.3) is 0 Å². The van der Waals surface area contributed by atoms with Crippen molar-refractivity contribution in [3.05, 3.63) is 33.8 Å². The van der Waals surface area contributed by atoms with Gasteiger partial charge in [0.05, 0.1) is 11.1 Å². The highest BCUT2D eigenvalue weighted by Gasteiger charge is 2.35. The number of benzene rings is 1. The highest BCUT2D eigenvalue weighted by atomic mass is 79.9. The van der Waals surface area contributed by atoms with E-state index in [1.807, 2.05) is 13.8 Å². The maximum absolute atomic E-state index is 13.0. The molecule has 0 saturated heterocycles. The van der Waals surface area contributed by atoms with Crippen molar-refractivity contribution in [2.75, 3.05) is 5.88 Å². The fourth-order valence-electron chi connectivity index (χ4n) is 1.94. The second-order valence-corrected chi connectivity index (χ2v) is 6.37. The van der Waals surface area contributed by atoms with E-state index in [1.165, 1.54) is 6.07 Å². The van der Waals surface area contributed by atoms with Gasteiger partial charge in [-0.25, -0.2) is 0 Å². The Kier molecular flexibility index (Phi) is 6.53. The van der Waals surface area contributed by atoms with Crippen molar-refractivity contribution in [3.63, 3.8) is 0 Å². The fraction of sp³-hybridized carbons (Fsp3) is 0.500. The molecule has 0 aliphatic heterocycles. The third kappa shape index (κ3) is 5.51. The lowest BCUT2D eigenvalue weighted by molar-refractivity contribution is -0.138. The lowest BCUT2D eigenvalue weighted by Gasteiger charge is -2.20. The molecule has 1 aromatic rings. The Morgan fingerprint density at radius 2 is 2.00 bits per heavy atom. The van der Waals surface area contributed by atoms with Crippen LogP contribution in [0.1, 0.15) is 36.2 Å². The number of hydrogen-bond acceptors (Lipinski definition) is 1. The van der Waals surface area contributed by atoms with Crippen LogP contribution < -0.4 is 5.32 Å². The van der Waals surface area contributed by atoms with Gasteiger partial charge in [-0.2, -0.15) is 13.2 Å². The second kappa shape index (κ2) is 7.49. The van der Waals surface area contributed by atoms with Gasteiger partial charge >= 0.3 is 6.18 Å². The molecule has 1 N–H and O–H groups in total. The zero-order chi connectivity index (χ0) is 16.2. The van der Waals surface area contributed by atoms with Crippen LogP contribution in [-0.4, -0.2) is 17.8 Å². The number of rotatable bonds is 5. The Hall–Kier alpha value is -0.750. The van der Waals surface area contributed by atoms with Crippen molar-refractivity contribution in [2.45, 2.75) is 32.5 Å². The molecule has 1 rings (SSSR count). The number of alkyl halides is 4. The molecule has 21 heavy (non-hydrogen) atoms. The number of amides is 1. The van der Waals surface area contributed by atoms with Crippen LogP contribution in [-0.2, 0) is 6.18 Å². The first-order chi connectivity index (χ1) is 9.65. The third-order valence-corrected chi connectivity index (χ3v) is 3.67. The van der Waals surface area contributed by atoms with Gasteiger partial charge in [-0.15, -0.1) is 11.6 Å². The maximum atomic E-state index is 13.0. The zero-order valence-corrected chi connectivity index (χ0v) is 13.9. The van der Waals surface area contributed by atoms with E-state index in [0.717, 1.165) is 12.1 Å². The van der Waals surface area contributed by atoms with Gasteiger partial charge in [0.15, 0.2) is 0 Å². The van der Waals surface area contributed by atoms with E-state index in [0.29, 0.717) is 6.42 Å². The minimum Gasteiger partial charge on any atom is -0.348 e. The Labute approximate surface area is 135 Å². The minimum absolute atomic E-state index is 0.155. The first-order valence-corrected chi connectivity index (χ1v) is 7.71. The summed E-state index contributed by atoms with van der Waals surface area (Å²) >= 11 is 8.74. The smallest absolute Gasteiger partial charge is 0.348 e. The predicted octanol–water partition coefficient (Wildman–Crippen LogP) is 4.85. The van der Waals surface area contributed by atoms with Gasteiger partial charge in [0.2, 0.25) is 0 Å². The van der Waals surface area contributed by atoms with E-state index in [1.54, 1.807) is 0 Å². The molecule has 2 nitrogen and oxygen atoms in total. The van der Waals surface area contributed by atoms with Crippen molar-refractivity contribution >= 4 is 33.4 Å². The Balaban J connectivity index is 3.02. The molecule has 0 aliphatic carbocycles. The van der Waals surface area contributed by atoms with Crippen molar-refractivity contribution in [1.29, 1.82) is 0 Å². The number of carbonyl (C=O) groups excluding carboxylic acids is 1. The maximum Gasteiger partial charge on any atom is 0.417 e. The SMILES string of the molecule is CC(C)CC(CCl)NC(=O)c1ccc(Br)cc1C(F)(F)F. The van der Waals surface area contributed by atoms with Gasteiger partial charge in [-0.3, -0.25) is 4.79 Å². The van der Waals surface area contributed by atoms with Crippen LogP contribution >= 0.6 is 27.5 Å². The van der Waals surface area contributed by atoms with Gasteiger partial charge in [-0.05, 0) is 30.5 Å². The molecule has 0 bridgehead atoms. The van der Waals surface area contributed by atoms with Crippen LogP contribution in [0.2, 0.25) is 0 Å². The standard InChI is InChI=1S/C14H16BrClF3NO/c1-8(2)5-10(7-16)20-13(21)11-4-3-9(15)6-12(11)14(17,18)19/h3-4,6,8,10H,5,7H2,1-2H3,(H,20,21). The van der Waals surface area contributed by atoms with Crippen molar-refractivity contribution in [2.24, 2.45) is 5.92 Å². The molecule has 1 amide bonds. The number of hydrogen-bond donors (Lipinski definition) is 1. The summed E-state index contributed by atoms with van der Waals surface area (Å²) < 4.78 is 39.2. The molecule has 0 aliphatic rings. The first kappa shape index (κ1) is 18.3. The predicted molar refractivity (Wildman–Crippen MR) is 80.6 cm³/mol. The molecule has 0 heterocycles. The van der Waals surface area contributed by atoms with E-state index in [4.69, 9.17) is 11.6 Å². The average Bonchev–Trinajstić information content (AvgIpc) is 2.36. The fourth-order valence-corrected chi connectivity index (χ4v) is 2.51. The van der Waals surface area contributed by atoms with Gasteiger partial charge < -0.3 is 5.32 Å². The van der Waals surface area contributed by atoms with Crippen molar-refractivity contribution in [3.8, 4) is 0 Å². The topological polar surface area (TPSA) is 29.1 Å². The van der Waals surface area contributed by atoms with Crippen LogP contribution in [0.5, 0.6) is 0 Å². The first-order valence-electron chi connectivity index (χ1n) is 6.38. The summed E-state index contributed by atoms with van der Waals surface area (Å²) in [6.45, 7) is 3.90. The molecule has 7 heteroatoms. The molecule has 1 atom stereocenters. The molecule has 0 saturated carbocycles. The summed E-state index contributed by atoms with van der Waals surface area (Å²) in [5.74, 6) is -0.330.